The normalized spacial score (nSPS) is 8.21. The van der Waals surface area contributed by atoms with Gasteiger partial charge in [-0.05, 0) is 12.1 Å². The van der Waals surface area contributed by atoms with E-state index in [2.05, 4.69) is 10.3 Å². The highest BCUT2D eigenvalue weighted by atomic mass is 35.5. The van der Waals surface area contributed by atoms with Gasteiger partial charge in [-0.3, -0.25) is 0 Å². The van der Waals surface area contributed by atoms with Gasteiger partial charge in [-0.2, -0.15) is 10.5 Å². The van der Waals surface area contributed by atoms with Crippen molar-refractivity contribution in [3.05, 3.63) is 35.3 Å². The van der Waals surface area contributed by atoms with Crippen molar-refractivity contribution in [1.82, 2.24) is 4.98 Å². The summed E-state index contributed by atoms with van der Waals surface area (Å²) in [5.41, 5.74) is 0.664. The Balaban J connectivity index is 2.73. The van der Waals surface area contributed by atoms with Crippen molar-refractivity contribution in [3.8, 4) is 12.1 Å². The van der Waals surface area contributed by atoms with E-state index >= 15 is 0 Å². The molecule has 0 radical (unpaired) electrons. The number of halogens is 1. The minimum Gasteiger partial charge on any atom is -0.359 e. The number of allylic oxidation sites excluding steroid dienone is 1. The molecule has 0 saturated carbocycles. The lowest BCUT2D eigenvalue weighted by Crippen LogP contribution is -1.90. The molecule has 1 aromatic rings. The third-order valence-electron chi connectivity index (χ3n) is 1.35. The van der Waals surface area contributed by atoms with Crippen LogP contribution in [-0.2, 0) is 0 Å². The largest absolute Gasteiger partial charge is 0.359 e. The standard InChI is InChI=1S/C9H5ClN4/c10-9-2-1-8(6-14-9)13-5-7(3-11)4-12/h1-2,5-6,13H. The molecule has 1 N–H and O–H groups in total. The number of aromatic nitrogens is 1. The predicted molar refractivity (Wildman–Crippen MR) is 52.2 cm³/mol. The molecule has 0 unspecified atom stereocenters. The molecule has 1 rings (SSSR count). The second kappa shape index (κ2) is 4.86. The number of hydrogen-bond donors (Lipinski definition) is 1. The lowest BCUT2D eigenvalue weighted by Gasteiger charge is -1.98. The van der Waals surface area contributed by atoms with Gasteiger partial charge in [0.05, 0.1) is 11.9 Å². The quantitative estimate of drug-likeness (QED) is 0.591. The van der Waals surface area contributed by atoms with Crippen molar-refractivity contribution in [2.75, 3.05) is 5.32 Å². The summed E-state index contributed by atoms with van der Waals surface area (Å²) in [7, 11) is 0. The molecule has 0 bridgehead atoms. The van der Waals surface area contributed by atoms with Gasteiger partial charge in [-0.1, -0.05) is 11.6 Å². The molecular formula is C9H5ClN4. The van der Waals surface area contributed by atoms with Gasteiger partial charge in [-0.25, -0.2) is 4.98 Å². The van der Waals surface area contributed by atoms with E-state index in [1.807, 2.05) is 0 Å². The van der Waals surface area contributed by atoms with Gasteiger partial charge in [0, 0.05) is 6.20 Å². The first kappa shape index (κ1) is 10.0. The summed E-state index contributed by atoms with van der Waals surface area (Å²) in [6.07, 6.45) is 2.82. The fraction of sp³-hybridized carbons (Fsp3) is 0. The maximum Gasteiger partial charge on any atom is 0.145 e. The van der Waals surface area contributed by atoms with Crippen LogP contribution in [0.4, 0.5) is 5.69 Å². The van der Waals surface area contributed by atoms with Crippen molar-refractivity contribution in [2.45, 2.75) is 0 Å². The van der Waals surface area contributed by atoms with E-state index in [9.17, 15) is 0 Å². The molecule has 1 aromatic heterocycles. The molecule has 14 heavy (non-hydrogen) atoms. The van der Waals surface area contributed by atoms with Crippen LogP contribution < -0.4 is 5.32 Å². The van der Waals surface area contributed by atoms with E-state index in [0.29, 0.717) is 10.8 Å². The van der Waals surface area contributed by atoms with Crippen molar-refractivity contribution in [1.29, 1.82) is 10.5 Å². The molecule has 1 heterocycles. The Kier molecular flexibility index (Phi) is 3.49. The molecule has 0 aromatic carbocycles. The van der Waals surface area contributed by atoms with Gasteiger partial charge in [0.15, 0.2) is 0 Å². The number of pyridine rings is 1. The molecular weight excluding hydrogens is 200 g/mol. The lowest BCUT2D eigenvalue weighted by molar-refractivity contribution is 1.32. The Hall–Kier alpha value is -2.04. The van der Waals surface area contributed by atoms with Crippen LogP contribution in [0.3, 0.4) is 0 Å². The predicted octanol–water partition coefficient (Wildman–Crippen LogP) is 2.08. The SMILES string of the molecule is N#CC(C#N)=CNc1ccc(Cl)nc1. The molecule has 0 atom stereocenters. The highest BCUT2D eigenvalue weighted by Crippen LogP contribution is 2.09. The van der Waals surface area contributed by atoms with Crippen molar-refractivity contribution >= 4 is 17.3 Å². The minimum atomic E-state index is -0.0000463. The zero-order valence-corrected chi connectivity index (χ0v) is 7.78. The summed E-state index contributed by atoms with van der Waals surface area (Å²) >= 11 is 5.57. The molecule has 5 heteroatoms. The number of anilines is 1. The number of rotatable bonds is 2. The number of nitriles is 2. The number of nitrogens with one attached hydrogen (secondary N) is 1. The molecule has 0 spiro atoms. The highest BCUT2D eigenvalue weighted by molar-refractivity contribution is 6.29. The fourth-order valence-corrected chi connectivity index (χ4v) is 0.818. The van der Waals surface area contributed by atoms with Gasteiger partial charge in [-0.15, -0.1) is 0 Å². The van der Waals surface area contributed by atoms with Crippen LogP contribution in [0.1, 0.15) is 0 Å². The fourth-order valence-electron chi connectivity index (χ4n) is 0.706. The summed E-state index contributed by atoms with van der Waals surface area (Å²) in [6.45, 7) is 0. The molecule has 0 aliphatic heterocycles. The van der Waals surface area contributed by atoms with E-state index < -0.39 is 0 Å². The molecule has 0 saturated heterocycles. The van der Waals surface area contributed by atoms with E-state index in [0.717, 1.165) is 0 Å². The van der Waals surface area contributed by atoms with Crippen LogP contribution in [-0.4, -0.2) is 4.98 Å². The Morgan fingerprint density at radius 3 is 2.64 bits per heavy atom. The van der Waals surface area contributed by atoms with Crippen LogP contribution in [0.15, 0.2) is 30.1 Å². The number of hydrogen-bond acceptors (Lipinski definition) is 4. The van der Waals surface area contributed by atoms with Crippen LogP contribution in [0.5, 0.6) is 0 Å². The van der Waals surface area contributed by atoms with Crippen LogP contribution in [0.2, 0.25) is 5.15 Å². The Morgan fingerprint density at radius 2 is 2.14 bits per heavy atom. The van der Waals surface area contributed by atoms with Crippen LogP contribution in [0, 0.1) is 22.7 Å². The van der Waals surface area contributed by atoms with Crippen LogP contribution >= 0.6 is 11.6 Å². The summed E-state index contributed by atoms with van der Waals surface area (Å²) < 4.78 is 0. The summed E-state index contributed by atoms with van der Waals surface area (Å²) in [4.78, 5) is 3.82. The van der Waals surface area contributed by atoms with Gasteiger partial charge in [0.2, 0.25) is 0 Å². The zero-order chi connectivity index (χ0) is 10.4. The third kappa shape index (κ3) is 2.78. The van der Waals surface area contributed by atoms with Crippen molar-refractivity contribution in [3.63, 3.8) is 0 Å². The maximum absolute atomic E-state index is 8.43. The van der Waals surface area contributed by atoms with E-state index in [4.69, 9.17) is 22.1 Å². The van der Waals surface area contributed by atoms with Gasteiger partial charge >= 0.3 is 0 Å². The lowest BCUT2D eigenvalue weighted by atomic mass is 10.3. The second-order valence-electron chi connectivity index (χ2n) is 2.30. The van der Waals surface area contributed by atoms with Crippen LogP contribution in [0.25, 0.3) is 0 Å². The highest BCUT2D eigenvalue weighted by Gasteiger charge is 1.93. The molecule has 68 valence electrons. The summed E-state index contributed by atoms with van der Waals surface area (Å²) in [5.74, 6) is 0. The summed E-state index contributed by atoms with van der Waals surface area (Å²) in [5, 5.41) is 20.0. The topological polar surface area (TPSA) is 72.5 Å². The number of nitrogens with zero attached hydrogens (tertiary/aromatic N) is 3. The monoisotopic (exact) mass is 204 g/mol. The Morgan fingerprint density at radius 1 is 1.43 bits per heavy atom. The van der Waals surface area contributed by atoms with E-state index in [-0.39, 0.29) is 5.57 Å². The minimum absolute atomic E-state index is 0.0000463. The first-order valence-corrected chi connectivity index (χ1v) is 4.02. The second-order valence-corrected chi connectivity index (χ2v) is 2.68. The van der Waals surface area contributed by atoms with E-state index in [1.165, 1.54) is 12.4 Å². The van der Waals surface area contributed by atoms with Gasteiger partial charge in [0.1, 0.15) is 22.9 Å². The first-order chi connectivity index (χ1) is 6.76. The first-order valence-electron chi connectivity index (χ1n) is 3.64. The third-order valence-corrected chi connectivity index (χ3v) is 1.58. The molecule has 4 nitrogen and oxygen atoms in total. The average molecular weight is 205 g/mol. The van der Waals surface area contributed by atoms with E-state index in [1.54, 1.807) is 24.3 Å². The van der Waals surface area contributed by atoms with Gasteiger partial charge in [0.25, 0.3) is 0 Å². The Labute approximate surface area is 86.1 Å². The van der Waals surface area contributed by atoms with Crippen molar-refractivity contribution in [2.24, 2.45) is 0 Å². The molecule has 0 fully saturated rings. The Bertz CT molecular complexity index is 406. The molecule has 0 aliphatic rings. The maximum atomic E-state index is 8.43. The summed E-state index contributed by atoms with van der Waals surface area (Å²) in [6, 6.07) is 6.75. The van der Waals surface area contributed by atoms with Gasteiger partial charge < -0.3 is 5.32 Å². The zero-order valence-electron chi connectivity index (χ0n) is 7.03. The average Bonchev–Trinajstić information content (AvgIpc) is 2.22. The molecule has 0 aliphatic carbocycles. The smallest absolute Gasteiger partial charge is 0.145 e. The molecule has 0 amide bonds. The van der Waals surface area contributed by atoms with Crippen molar-refractivity contribution < 1.29 is 0 Å².